The number of hydrogen-bond donors (Lipinski definition) is 1. The van der Waals surface area contributed by atoms with Crippen molar-refractivity contribution < 1.29 is 9.59 Å². The predicted octanol–water partition coefficient (Wildman–Crippen LogP) is 4.04. The highest BCUT2D eigenvalue weighted by molar-refractivity contribution is 5.89. The molecule has 2 aliphatic heterocycles. The van der Waals surface area contributed by atoms with Gasteiger partial charge in [-0.05, 0) is 57.3 Å². The molecule has 176 valence electrons. The third-order valence-corrected chi connectivity index (χ3v) is 7.14. The lowest BCUT2D eigenvalue weighted by molar-refractivity contribution is -0.129. The number of rotatable bonds is 8. The molecule has 33 heavy (non-hydrogen) atoms. The minimum Gasteiger partial charge on any atom is -0.354 e. The van der Waals surface area contributed by atoms with E-state index in [1.54, 1.807) is 0 Å². The van der Waals surface area contributed by atoms with Gasteiger partial charge in [-0.3, -0.25) is 14.5 Å². The lowest BCUT2D eigenvalue weighted by Gasteiger charge is -2.35. The van der Waals surface area contributed by atoms with Gasteiger partial charge in [-0.1, -0.05) is 66.1 Å². The molecule has 2 aliphatic rings. The number of carbonyl (C=O) groups is 2. The monoisotopic (exact) mass is 447 g/mol. The van der Waals surface area contributed by atoms with Crippen molar-refractivity contribution in [3.63, 3.8) is 0 Å². The van der Waals surface area contributed by atoms with E-state index in [1.807, 2.05) is 4.90 Å². The summed E-state index contributed by atoms with van der Waals surface area (Å²) in [5, 5.41) is 3.20. The van der Waals surface area contributed by atoms with Crippen molar-refractivity contribution in [2.45, 2.75) is 52.0 Å². The number of benzene rings is 2. The fourth-order valence-corrected chi connectivity index (χ4v) is 5.00. The largest absolute Gasteiger partial charge is 0.354 e. The topological polar surface area (TPSA) is 52.7 Å². The summed E-state index contributed by atoms with van der Waals surface area (Å²) in [5.74, 6) is -0.153. The molecule has 5 nitrogen and oxygen atoms in total. The molecule has 0 aromatic heterocycles. The van der Waals surface area contributed by atoms with Gasteiger partial charge in [0.1, 0.15) is 0 Å². The number of carbonyl (C=O) groups excluding carboxylic acids is 2. The molecule has 2 aromatic carbocycles. The molecule has 0 saturated carbocycles. The van der Waals surface area contributed by atoms with Crippen LogP contribution in [0.5, 0.6) is 0 Å². The smallest absolute Gasteiger partial charge is 0.225 e. The summed E-state index contributed by atoms with van der Waals surface area (Å²) in [6.45, 7) is 8.11. The van der Waals surface area contributed by atoms with Gasteiger partial charge in [-0.2, -0.15) is 0 Å². The lowest BCUT2D eigenvalue weighted by Crippen LogP contribution is -2.42. The third kappa shape index (κ3) is 6.23. The lowest BCUT2D eigenvalue weighted by atomic mass is 10.00. The van der Waals surface area contributed by atoms with Gasteiger partial charge in [-0.25, -0.2) is 0 Å². The van der Waals surface area contributed by atoms with E-state index < -0.39 is 0 Å². The average molecular weight is 448 g/mol. The van der Waals surface area contributed by atoms with Gasteiger partial charge in [0, 0.05) is 26.1 Å². The Bertz CT molecular complexity index is 933. The van der Waals surface area contributed by atoms with Crippen molar-refractivity contribution in [2.75, 3.05) is 32.7 Å². The predicted molar refractivity (Wildman–Crippen MR) is 132 cm³/mol. The van der Waals surface area contributed by atoms with Crippen molar-refractivity contribution in [1.82, 2.24) is 15.1 Å². The molecule has 5 heteroatoms. The summed E-state index contributed by atoms with van der Waals surface area (Å²) >= 11 is 0. The highest BCUT2D eigenvalue weighted by Gasteiger charge is 2.34. The van der Waals surface area contributed by atoms with Crippen LogP contribution in [-0.2, 0) is 16.0 Å². The summed E-state index contributed by atoms with van der Waals surface area (Å²) in [7, 11) is 0. The minimum atomic E-state index is -0.254. The van der Waals surface area contributed by atoms with Crippen molar-refractivity contribution in [1.29, 1.82) is 0 Å². The molecule has 0 spiro atoms. The van der Waals surface area contributed by atoms with Crippen molar-refractivity contribution in [3.05, 3.63) is 70.8 Å². The van der Waals surface area contributed by atoms with Crippen molar-refractivity contribution in [2.24, 2.45) is 5.92 Å². The van der Waals surface area contributed by atoms with Crippen LogP contribution in [0.3, 0.4) is 0 Å². The Morgan fingerprint density at radius 2 is 1.61 bits per heavy atom. The Morgan fingerprint density at radius 3 is 2.27 bits per heavy atom. The van der Waals surface area contributed by atoms with Gasteiger partial charge in [0.2, 0.25) is 11.8 Å². The van der Waals surface area contributed by atoms with E-state index in [-0.39, 0.29) is 23.8 Å². The molecule has 2 amide bonds. The van der Waals surface area contributed by atoms with E-state index >= 15 is 0 Å². The Balaban J connectivity index is 1.32. The molecule has 2 fully saturated rings. The first-order valence-electron chi connectivity index (χ1n) is 12.4. The molecular formula is C28H37N3O2. The average Bonchev–Trinajstić information content (AvgIpc) is 3.21. The van der Waals surface area contributed by atoms with Gasteiger partial charge < -0.3 is 10.2 Å². The number of nitrogens with one attached hydrogen (secondary N) is 1. The maximum absolute atomic E-state index is 13.0. The first-order chi connectivity index (χ1) is 16.0. The molecule has 2 atom stereocenters. The van der Waals surface area contributed by atoms with Crippen LogP contribution in [0.1, 0.15) is 54.0 Å². The van der Waals surface area contributed by atoms with Crippen molar-refractivity contribution in [3.8, 4) is 0 Å². The van der Waals surface area contributed by atoms with Crippen LogP contribution < -0.4 is 5.32 Å². The van der Waals surface area contributed by atoms with Gasteiger partial charge in [-0.15, -0.1) is 0 Å². The molecule has 2 unspecified atom stereocenters. The highest BCUT2D eigenvalue weighted by Crippen LogP contribution is 2.25. The molecule has 2 aromatic rings. The third-order valence-electron chi connectivity index (χ3n) is 7.14. The summed E-state index contributed by atoms with van der Waals surface area (Å²) in [6.07, 6.45) is 4.85. The highest BCUT2D eigenvalue weighted by atomic mass is 16.2. The van der Waals surface area contributed by atoms with Gasteiger partial charge in [0.25, 0.3) is 0 Å². The van der Waals surface area contributed by atoms with Crippen LogP contribution in [0.4, 0.5) is 0 Å². The second-order valence-corrected chi connectivity index (χ2v) is 9.74. The number of aryl methyl sites for hydroxylation is 2. The maximum atomic E-state index is 13.0. The molecule has 2 heterocycles. The Kier molecular flexibility index (Phi) is 7.81. The second kappa shape index (κ2) is 11.0. The van der Waals surface area contributed by atoms with Gasteiger partial charge in [0.05, 0.1) is 12.0 Å². The minimum absolute atomic E-state index is 0.00954. The van der Waals surface area contributed by atoms with Crippen LogP contribution in [0.2, 0.25) is 0 Å². The number of hydrogen-bond acceptors (Lipinski definition) is 3. The zero-order valence-electron chi connectivity index (χ0n) is 20.1. The van der Waals surface area contributed by atoms with Crippen LogP contribution in [0.25, 0.3) is 0 Å². The van der Waals surface area contributed by atoms with Gasteiger partial charge in [0.15, 0.2) is 0 Å². The summed E-state index contributed by atoms with van der Waals surface area (Å²) in [5.41, 5.74) is 4.96. The van der Waals surface area contributed by atoms with E-state index in [2.05, 4.69) is 72.6 Å². The molecule has 0 aliphatic carbocycles. The fraction of sp³-hybridized carbons (Fsp3) is 0.500. The van der Waals surface area contributed by atoms with E-state index in [1.165, 1.54) is 41.5 Å². The standard InChI is InChI=1S/C28H37N3O2/c1-21-6-10-23(11-7-21)14-17-31-20-25(18-27(31)32)28(33)29-19-26(30-15-4-3-5-16-30)24-12-8-22(2)9-13-24/h6-13,25-26H,3-5,14-20H2,1-2H3,(H,29,33). The van der Waals surface area contributed by atoms with Crippen LogP contribution in [-0.4, -0.2) is 54.3 Å². The zero-order chi connectivity index (χ0) is 23.2. The van der Waals surface area contributed by atoms with Crippen LogP contribution in [0, 0.1) is 19.8 Å². The molecule has 4 rings (SSSR count). The Hall–Kier alpha value is -2.66. The van der Waals surface area contributed by atoms with E-state index in [4.69, 9.17) is 0 Å². The number of amides is 2. The molecular weight excluding hydrogens is 410 g/mol. The molecule has 0 bridgehead atoms. The van der Waals surface area contributed by atoms with E-state index in [9.17, 15) is 9.59 Å². The zero-order valence-corrected chi connectivity index (χ0v) is 20.1. The number of piperidine rings is 1. The Morgan fingerprint density at radius 1 is 0.970 bits per heavy atom. The Labute approximate surface area is 198 Å². The molecule has 2 saturated heterocycles. The molecule has 1 N–H and O–H groups in total. The maximum Gasteiger partial charge on any atom is 0.225 e. The number of nitrogens with zero attached hydrogens (tertiary/aromatic N) is 2. The van der Waals surface area contributed by atoms with Crippen LogP contribution in [0.15, 0.2) is 48.5 Å². The van der Waals surface area contributed by atoms with Crippen LogP contribution >= 0.6 is 0 Å². The first-order valence-corrected chi connectivity index (χ1v) is 12.4. The van der Waals surface area contributed by atoms with Crippen molar-refractivity contribution >= 4 is 11.8 Å². The molecule has 0 radical (unpaired) electrons. The summed E-state index contributed by atoms with van der Waals surface area (Å²) < 4.78 is 0. The SMILES string of the molecule is Cc1ccc(CCN2CC(C(=O)NCC(c3ccc(C)cc3)N3CCCCC3)CC2=O)cc1. The fourth-order valence-electron chi connectivity index (χ4n) is 5.00. The second-order valence-electron chi connectivity index (χ2n) is 9.74. The normalized spacial score (nSPS) is 20.1. The first kappa shape index (κ1) is 23.5. The van der Waals surface area contributed by atoms with Gasteiger partial charge >= 0.3 is 0 Å². The van der Waals surface area contributed by atoms with E-state index in [0.29, 0.717) is 26.1 Å². The summed E-state index contributed by atoms with van der Waals surface area (Å²) in [4.78, 5) is 29.9. The summed E-state index contributed by atoms with van der Waals surface area (Å²) in [6, 6.07) is 17.3. The number of likely N-dealkylation sites (tertiary alicyclic amines) is 2. The quantitative estimate of drug-likeness (QED) is 0.665. The van der Waals surface area contributed by atoms with E-state index in [0.717, 1.165) is 19.5 Å².